The smallest absolute Gasteiger partial charge is 0.259 e. The van der Waals surface area contributed by atoms with Crippen molar-refractivity contribution in [2.75, 3.05) is 0 Å². The van der Waals surface area contributed by atoms with Crippen LogP contribution in [0, 0.1) is 17.1 Å². The van der Waals surface area contributed by atoms with Gasteiger partial charge in [0.2, 0.25) is 0 Å². The van der Waals surface area contributed by atoms with Gasteiger partial charge in [0.1, 0.15) is 17.5 Å². The van der Waals surface area contributed by atoms with E-state index in [2.05, 4.69) is 5.10 Å². The number of carbonyl (C=O) groups excluding carboxylic acids is 1. The highest BCUT2D eigenvalue weighted by Gasteiger charge is 2.13. The van der Waals surface area contributed by atoms with Crippen molar-refractivity contribution in [1.82, 2.24) is 9.78 Å². The van der Waals surface area contributed by atoms with Crippen molar-refractivity contribution in [3.8, 4) is 23.0 Å². The van der Waals surface area contributed by atoms with Crippen LogP contribution in [0.4, 0.5) is 4.39 Å². The number of amides is 1. The highest BCUT2D eigenvalue weighted by atomic mass is 19.1. The minimum Gasteiger partial charge on any atom is -0.365 e. The molecule has 0 fully saturated rings. The van der Waals surface area contributed by atoms with Crippen LogP contribution in [0.15, 0.2) is 66.4 Å². The van der Waals surface area contributed by atoms with Gasteiger partial charge in [0, 0.05) is 17.3 Å². The fraction of sp³-hybridized carbons (Fsp3) is 0. The third-order valence-corrected chi connectivity index (χ3v) is 3.57. The van der Waals surface area contributed by atoms with Crippen LogP contribution in [-0.2, 0) is 4.79 Å². The first-order chi connectivity index (χ1) is 12.1. The molecule has 0 radical (unpaired) electrons. The second-order valence-corrected chi connectivity index (χ2v) is 5.25. The minimum absolute atomic E-state index is 0.184. The molecule has 6 heteroatoms. The molecule has 5 nitrogen and oxygen atoms in total. The molecule has 0 bridgehead atoms. The zero-order valence-corrected chi connectivity index (χ0v) is 13.1. The Hall–Kier alpha value is -3.72. The summed E-state index contributed by atoms with van der Waals surface area (Å²) in [5.74, 6) is -1.18. The molecule has 25 heavy (non-hydrogen) atoms. The molecule has 0 unspecified atom stereocenters. The molecular weight excluding hydrogens is 319 g/mol. The topological polar surface area (TPSA) is 84.7 Å². The van der Waals surface area contributed by atoms with Crippen LogP contribution in [0.3, 0.4) is 0 Å². The quantitative estimate of drug-likeness (QED) is 0.588. The lowest BCUT2D eigenvalue weighted by Crippen LogP contribution is -2.12. The normalized spacial score (nSPS) is 11.1. The van der Waals surface area contributed by atoms with E-state index in [0.29, 0.717) is 16.8 Å². The predicted octanol–water partition coefficient (Wildman–Crippen LogP) is 3.07. The maximum absolute atomic E-state index is 13.2. The second-order valence-electron chi connectivity index (χ2n) is 5.25. The predicted molar refractivity (Wildman–Crippen MR) is 91.7 cm³/mol. The summed E-state index contributed by atoms with van der Waals surface area (Å²) in [5, 5.41) is 13.6. The fourth-order valence-corrected chi connectivity index (χ4v) is 2.35. The van der Waals surface area contributed by atoms with Gasteiger partial charge >= 0.3 is 0 Å². The molecule has 1 heterocycles. The number of primary amides is 1. The number of hydrogen-bond donors (Lipinski definition) is 1. The standard InChI is InChI=1S/C19H13FN4O/c20-16-8-6-13(7-9-16)18-15(10-14(11-21)19(22)25)12-24(23-18)17-4-2-1-3-5-17/h1-10,12H,(H2,22,25). The van der Waals surface area contributed by atoms with Gasteiger partial charge in [-0.05, 0) is 42.5 Å². The lowest BCUT2D eigenvalue weighted by atomic mass is 10.1. The van der Waals surface area contributed by atoms with Crippen molar-refractivity contribution in [1.29, 1.82) is 5.26 Å². The lowest BCUT2D eigenvalue weighted by molar-refractivity contribution is -0.114. The van der Waals surface area contributed by atoms with Crippen LogP contribution in [0.1, 0.15) is 5.56 Å². The monoisotopic (exact) mass is 332 g/mol. The van der Waals surface area contributed by atoms with Crippen molar-refractivity contribution in [2.45, 2.75) is 0 Å². The highest BCUT2D eigenvalue weighted by molar-refractivity contribution is 6.01. The van der Waals surface area contributed by atoms with E-state index in [1.54, 1.807) is 29.1 Å². The van der Waals surface area contributed by atoms with Crippen LogP contribution < -0.4 is 5.73 Å². The summed E-state index contributed by atoms with van der Waals surface area (Å²) in [7, 11) is 0. The van der Waals surface area contributed by atoms with Crippen LogP contribution in [0.5, 0.6) is 0 Å². The summed E-state index contributed by atoms with van der Waals surface area (Å²) in [5.41, 5.74) is 7.54. The summed E-state index contributed by atoms with van der Waals surface area (Å²) in [4.78, 5) is 11.4. The Bertz CT molecular complexity index is 983. The molecule has 0 saturated heterocycles. The molecular formula is C19H13FN4O. The molecule has 0 saturated carbocycles. The van der Waals surface area contributed by atoms with Crippen LogP contribution in [-0.4, -0.2) is 15.7 Å². The van der Waals surface area contributed by atoms with Crippen LogP contribution >= 0.6 is 0 Å². The van der Waals surface area contributed by atoms with Gasteiger partial charge in [-0.3, -0.25) is 4.79 Å². The zero-order valence-electron chi connectivity index (χ0n) is 13.1. The molecule has 2 aromatic carbocycles. The summed E-state index contributed by atoms with van der Waals surface area (Å²) >= 11 is 0. The van der Waals surface area contributed by atoms with Crippen molar-refractivity contribution in [3.05, 3.63) is 77.7 Å². The van der Waals surface area contributed by atoms with Crippen molar-refractivity contribution in [3.63, 3.8) is 0 Å². The average Bonchev–Trinajstić information content (AvgIpc) is 3.04. The molecule has 1 aromatic heterocycles. The number of para-hydroxylation sites is 1. The summed E-state index contributed by atoms with van der Waals surface area (Å²) in [6.07, 6.45) is 3.07. The minimum atomic E-state index is -0.819. The molecule has 122 valence electrons. The molecule has 2 N–H and O–H groups in total. The van der Waals surface area contributed by atoms with E-state index in [1.165, 1.54) is 18.2 Å². The molecule has 0 aliphatic rings. The second kappa shape index (κ2) is 6.81. The van der Waals surface area contributed by atoms with E-state index in [4.69, 9.17) is 11.0 Å². The average molecular weight is 332 g/mol. The first-order valence-electron chi connectivity index (χ1n) is 7.41. The molecule has 0 aliphatic carbocycles. The number of nitrogens with zero attached hydrogens (tertiary/aromatic N) is 3. The number of benzene rings is 2. The molecule has 3 rings (SSSR count). The third kappa shape index (κ3) is 3.46. The Morgan fingerprint density at radius 2 is 1.84 bits per heavy atom. The van der Waals surface area contributed by atoms with E-state index < -0.39 is 5.91 Å². The number of nitrogens with two attached hydrogens (primary N) is 1. The first-order valence-corrected chi connectivity index (χ1v) is 7.41. The van der Waals surface area contributed by atoms with E-state index >= 15 is 0 Å². The highest BCUT2D eigenvalue weighted by Crippen LogP contribution is 2.26. The number of nitriles is 1. The van der Waals surface area contributed by atoms with Gasteiger partial charge in [-0.2, -0.15) is 10.4 Å². The van der Waals surface area contributed by atoms with E-state index in [9.17, 15) is 9.18 Å². The van der Waals surface area contributed by atoms with Crippen LogP contribution in [0.25, 0.3) is 23.0 Å². The molecule has 0 aliphatic heterocycles. The number of rotatable bonds is 4. The van der Waals surface area contributed by atoms with Gasteiger partial charge in [0.25, 0.3) is 5.91 Å². The maximum Gasteiger partial charge on any atom is 0.259 e. The largest absolute Gasteiger partial charge is 0.365 e. The first kappa shape index (κ1) is 16.1. The summed E-state index contributed by atoms with van der Waals surface area (Å²) in [6.45, 7) is 0. The fourth-order valence-electron chi connectivity index (χ4n) is 2.35. The van der Waals surface area contributed by atoms with Gasteiger partial charge in [-0.15, -0.1) is 0 Å². The number of aromatic nitrogens is 2. The van der Waals surface area contributed by atoms with Gasteiger partial charge in [-0.1, -0.05) is 18.2 Å². The van der Waals surface area contributed by atoms with Gasteiger partial charge in [-0.25, -0.2) is 9.07 Å². The van der Waals surface area contributed by atoms with E-state index in [-0.39, 0.29) is 11.4 Å². The molecule has 3 aromatic rings. The zero-order chi connectivity index (χ0) is 17.8. The molecule has 0 spiro atoms. The number of carbonyl (C=O) groups is 1. The van der Waals surface area contributed by atoms with Gasteiger partial charge < -0.3 is 5.73 Å². The van der Waals surface area contributed by atoms with Crippen molar-refractivity contribution in [2.24, 2.45) is 5.73 Å². The summed E-state index contributed by atoms with van der Waals surface area (Å²) in [6, 6.07) is 17.0. The Balaban J connectivity index is 2.18. The third-order valence-electron chi connectivity index (χ3n) is 3.57. The SMILES string of the molecule is N#CC(=Cc1cn(-c2ccccc2)nc1-c1ccc(F)cc1)C(N)=O. The molecule has 0 atom stereocenters. The Labute approximate surface area is 143 Å². The van der Waals surface area contributed by atoms with E-state index in [0.717, 1.165) is 5.69 Å². The number of hydrogen-bond acceptors (Lipinski definition) is 3. The van der Waals surface area contributed by atoms with Crippen molar-refractivity contribution < 1.29 is 9.18 Å². The van der Waals surface area contributed by atoms with Gasteiger partial charge in [0.15, 0.2) is 0 Å². The van der Waals surface area contributed by atoms with Crippen molar-refractivity contribution >= 4 is 12.0 Å². The van der Waals surface area contributed by atoms with E-state index in [1.807, 2.05) is 30.3 Å². The summed E-state index contributed by atoms with van der Waals surface area (Å²) < 4.78 is 14.8. The Morgan fingerprint density at radius 3 is 2.44 bits per heavy atom. The Morgan fingerprint density at radius 1 is 1.16 bits per heavy atom. The lowest BCUT2D eigenvalue weighted by Gasteiger charge is -2.00. The maximum atomic E-state index is 13.2. The number of halogens is 1. The Kier molecular flexibility index (Phi) is 4.40. The van der Waals surface area contributed by atoms with Gasteiger partial charge in [0.05, 0.1) is 11.4 Å². The molecule has 1 amide bonds. The van der Waals surface area contributed by atoms with Crippen LogP contribution in [0.2, 0.25) is 0 Å².